The van der Waals surface area contributed by atoms with Crippen molar-refractivity contribution in [3.05, 3.63) is 42.5 Å². The molecule has 162 valence electrons. The van der Waals surface area contributed by atoms with Crippen LogP contribution in [0.3, 0.4) is 0 Å². The quantitative estimate of drug-likeness (QED) is 0.196. The molecule has 0 amide bonds. The summed E-state index contributed by atoms with van der Waals surface area (Å²) >= 11 is 0. The van der Waals surface area contributed by atoms with Crippen LogP contribution in [-0.2, 0) is 14.3 Å². The van der Waals surface area contributed by atoms with Gasteiger partial charge in [0.25, 0.3) is 0 Å². The predicted octanol–water partition coefficient (Wildman–Crippen LogP) is 5.87. The number of unbranched alkanes of at least 4 members (excludes halogenated alkanes) is 6. The Hall–Kier alpha value is -2.30. The average Bonchev–Trinajstić information content (AvgIpc) is 2.73. The molecule has 0 radical (unpaired) electrons. The Balaban J connectivity index is 2.17. The Kier molecular flexibility index (Phi) is 13.3. The van der Waals surface area contributed by atoms with Crippen LogP contribution in [0.25, 0.3) is 0 Å². The molecule has 0 saturated carbocycles. The first-order chi connectivity index (χ1) is 14.1. The third-order valence-corrected chi connectivity index (χ3v) is 4.58. The SMILES string of the molecule is C=CC(=O)OCCCCCCOc1ccc(C(=O)OC(C)CCCCCC)cc1. The molecule has 1 unspecified atom stereocenters. The maximum absolute atomic E-state index is 12.2. The lowest BCUT2D eigenvalue weighted by molar-refractivity contribution is -0.137. The maximum Gasteiger partial charge on any atom is 0.338 e. The molecule has 5 nitrogen and oxygen atoms in total. The Morgan fingerprint density at radius 1 is 0.966 bits per heavy atom. The van der Waals surface area contributed by atoms with Gasteiger partial charge in [0, 0.05) is 6.08 Å². The predicted molar refractivity (Wildman–Crippen MR) is 115 cm³/mol. The lowest BCUT2D eigenvalue weighted by atomic mass is 10.1. The molecule has 29 heavy (non-hydrogen) atoms. The second-order valence-corrected chi connectivity index (χ2v) is 7.22. The number of carbonyl (C=O) groups excluding carboxylic acids is 2. The summed E-state index contributed by atoms with van der Waals surface area (Å²) in [5.74, 6) is 0.0906. The number of benzene rings is 1. The lowest BCUT2D eigenvalue weighted by Gasteiger charge is -2.13. The third-order valence-electron chi connectivity index (χ3n) is 4.58. The van der Waals surface area contributed by atoms with Gasteiger partial charge in [-0.15, -0.1) is 0 Å². The van der Waals surface area contributed by atoms with Gasteiger partial charge in [-0.05, 0) is 69.7 Å². The molecule has 0 aliphatic rings. The van der Waals surface area contributed by atoms with Crippen LogP contribution >= 0.6 is 0 Å². The summed E-state index contributed by atoms with van der Waals surface area (Å²) in [6.07, 6.45) is 10.5. The fourth-order valence-corrected chi connectivity index (χ4v) is 2.83. The Morgan fingerprint density at radius 3 is 2.28 bits per heavy atom. The minimum absolute atomic E-state index is 0.0597. The van der Waals surface area contributed by atoms with Gasteiger partial charge in [-0.1, -0.05) is 32.8 Å². The topological polar surface area (TPSA) is 61.8 Å². The van der Waals surface area contributed by atoms with E-state index in [0.29, 0.717) is 18.8 Å². The Labute approximate surface area is 175 Å². The number of hydrogen-bond acceptors (Lipinski definition) is 5. The molecule has 1 aromatic rings. The molecule has 0 aromatic heterocycles. The Bertz CT molecular complexity index is 594. The standard InChI is InChI=1S/C24H36O5/c1-4-6-7-10-13-20(3)29-24(26)21-14-16-22(17-15-21)27-18-11-8-9-12-19-28-23(25)5-2/h5,14-17,20H,2,4,6-13,18-19H2,1,3H3. The highest BCUT2D eigenvalue weighted by molar-refractivity contribution is 5.89. The first-order valence-corrected chi connectivity index (χ1v) is 10.8. The van der Waals surface area contributed by atoms with Crippen LogP contribution in [0, 0.1) is 0 Å². The molecule has 0 aliphatic carbocycles. The van der Waals surface area contributed by atoms with Crippen LogP contribution in [-0.4, -0.2) is 31.3 Å². The minimum Gasteiger partial charge on any atom is -0.494 e. The van der Waals surface area contributed by atoms with Crippen molar-refractivity contribution in [1.29, 1.82) is 0 Å². The van der Waals surface area contributed by atoms with Crippen molar-refractivity contribution in [2.45, 2.75) is 77.7 Å². The number of ether oxygens (including phenoxy) is 3. The van der Waals surface area contributed by atoms with E-state index in [0.717, 1.165) is 44.3 Å². The summed E-state index contributed by atoms with van der Waals surface area (Å²) in [5, 5.41) is 0. The van der Waals surface area contributed by atoms with E-state index in [1.807, 2.05) is 6.92 Å². The van der Waals surface area contributed by atoms with Crippen molar-refractivity contribution in [3.63, 3.8) is 0 Å². The zero-order valence-corrected chi connectivity index (χ0v) is 18.0. The maximum atomic E-state index is 12.2. The van der Waals surface area contributed by atoms with Crippen molar-refractivity contribution in [3.8, 4) is 5.75 Å². The largest absolute Gasteiger partial charge is 0.494 e. The summed E-state index contributed by atoms with van der Waals surface area (Å²) in [6, 6.07) is 7.10. The average molecular weight is 405 g/mol. The van der Waals surface area contributed by atoms with Crippen LogP contribution in [0.5, 0.6) is 5.75 Å². The van der Waals surface area contributed by atoms with Gasteiger partial charge in [0.05, 0.1) is 24.9 Å². The molecule has 1 rings (SSSR count). The van der Waals surface area contributed by atoms with Crippen molar-refractivity contribution in [2.75, 3.05) is 13.2 Å². The fraction of sp³-hybridized carbons (Fsp3) is 0.583. The third kappa shape index (κ3) is 12.0. The highest BCUT2D eigenvalue weighted by Gasteiger charge is 2.12. The van der Waals surface area contributed by atoms with Crippen LogP contribution in [0.1, 0.15) is 82.0 Å². The van der Waals surface area contributed by atoms with Gasteiger partial charge in [-0.25, -0.2) is 9.59 Å². The highest BCUT2D eigenvalue weighted by Crippen LogP contribution is 2.16. The number of rotatable bonds is 16. The molecule has 0 fully saturated rings. The first-order valence-electron chi connectivity index (χ1n) is 10.8. The van der Waals surface area contributed by atoms with Crippen molar-refractivity contribution >= 4 is 11.9 Å². The normalized spacial score (nSPS) is 11.5. The van der Waals surface area contributed by atoms with Gasteiger partial charge >= 0.3 is 11.9 Å². The van der Waals surface area contributed by atoms with Crippen molar-refractivity contribution in [2.24, 2.45) is 0 Å². The number of esters is 2. The zero-order chi connectivity index (χ0) is 21.3. The first kappa shape index (κ1) is 24.7. The van der Waals surface area contributed by atoms with Crippen molar-refractivity contribution in [1.82, 2.24) is 0 Å². The molecule has 0 bridgehead atoms. The van der Waals surface area contributed by atoms with Crippen LogP contribution < -0.4 is 4.74 Å². The molecule has 0 aliphatic heterocycles. The molecule has 5 heteroatoms. The lowest BCUT2D eigenvalue weighted by Crippen LogP contribution is -2.15. The molecular weight excluding hydrogens is 368 g/mol. The van der Waals surface area contributed by atoms with Gasteiger partial charge in [0.2, 0.25) is 0 Å². The summed E-state index contributed by atoms with van der Waals surface area (Å²) in [5.41, 5.74) is 0.548. The van der Waals surface area contributed by atoms with Gasteiger partial charge in [-0.2, -0.15) is 0 Å². The summed E-state index contributed by atoms with van der Waals surface area (Å²) in [6.45, 7) is 8.54. The van der Waals surface area contributed by atoms with Crippen molar-refractivity contribution < 1.29 is 23.8 Å². The van der Waals surface area contributed by atoms with Crippen LogP contribution in [0.2, 0.25) is 0 Å². The second-order valence-electron chi connectivity index (χ2n) is 7.22. The smallest absolute Gasteiger partial charge is 0.338 e. The van der Waals surface area contributed by atoms with Gasteiger partial charge in [0.1, 0.15) is 5.75 Å². The van der Waals surface area contributed by atoms with Gasteiger partial charge in [-0.3, -0.25) is 0 Å². The molecule has 0 spiro atoms. The van der Waals surface area contributed by atoms with E-state index < -0.39 is 0 Å². The summed E-state index contributed by atoms with van der Waals surface area (Å²) in [7, 11) is 0. The van der Waals surface area contributed by atoms with Gasteiger partial charge in [0.15, 0.2) is 0 Å². The van der Waals surface area contributed by atoms with Gasteiger partial charge < -0.3 is 14.2 Å². The van der Waals surface area contributed by atoms with E-state index in [4.69, 9.17) is 14.2 Å². The molecule has 0 saturated heterocycles. The van der Waals surface area contributed by atoms with E-state index in [-0.39, 0.29) is 18.0 Å². The molecule has 0 heterocycles. The summed E-state index contributed by atoms with van der Waals surface area (Å²) in [4.78, 5) is 23.1. The minimum atomic E-state index is -0.373. The van der Waals surface area contributed by atoms with Crippen LogP contribution in [0.15, 0.2) is 36.9 Å². The Morgan fingerprint density at radius 2 is 1.62 bits per heavy atom. The van der Waals surface area contributed by atoms with E-state index >= 15 is 0 Å². The highest BCUT2D eigenvalue weighted by atomic mass is 16.5. The van der Waals surface area contributed by atoms with E-state index in [1.54, 1.807) is 24.3 Å². The fourth-order valence-electron chi connectivity index (χ4n) is 2.83. The molecule has 1 aromatic carbocycles. The number of carbonyl (C=O) groups is 2. The molecule has 0 N–H and O–H groups in total. The zero-order valence-electron chi connectivity index (χ0n) is 18.0. The monoisotopic (exact) mass is 404 g/mol. The summed E-state index contributed by atoms with van der Waals surface area (Å²) < 4.78 is 16.1. The van der Waals surface area contributed by atoms with E-state index in [9.17, 15) is 9.59 Å². The molecule has 1 atom stereocenters. The number of hydrogen-bond donors (Lipinski definition) is 0. The van der Waals surface area contributed by atoms with Crippen LogP contribution in [0.4, 0.5) is 0 Å². The molecular formula is C24H36O5. The van der Waals surface area contributed by atoms with E-state index in [1.165, 1.54) is 25.3 Å². The second kappa shape index (κ2) is 15.6. The van der Waals surface area contributed by atoms with E-state index in [2.05, 4.69) is 13.5 Å².